The number of halogens is 3. The molecule has 1 fully saturated rings. The predicted octanol–water partition coefficient (Wildman–Crippen LogP) is 2.55. The fourth-order valence-corrected chi connectivity index (χ4v) is 2.86. The molecule has 2 aromatic carbocycles. The molecule has 0 bridgehead atoms. The number of carboxylic acids is 1. The van der Waals surface area contributed by atoms with Crippen LogP contribution in [0.3, 0.4) is 0 Å². The van der Waals surface area contributed by atoms with Gasteiger partial charge in [0.25, 0.3) is 0 Å². The topological polar surface area (TPSA) is 108 Å². The molecule has 8 nitrogen and oxygen atoms in total. The fourth-order valence-electron chi connectivity index (χ4n) is 2.86. The van der Waals surface area contributed by atoms with Crippen LogP contribution < -0.4 is 10.6 Å². The summed E-state index contributed by atoms with van der Waals surface area (Å²) in [7, 11) is 0. The van der Waals surface area contributed by atoms with Crippen LogP contribution in [-0.4, -0.2) is 59.8 Å². The molecule has 0 aliphatic carbocycles. The number of ether oxygens (including phenoxy) is 1. The highest BCUT2D eigenvalue weighted by molar-refractivity contribution is 5.86. The van der Waals surface area contributed by atoms with Gasteiger partial charge in [0.15, 0.2) is 0 Å². The molecule has 0 radical (unpaired) electrons. The van der Waals surface area contributed by atoms with Gasteiger partial charge in [-0.2, -0.15) is 13.2 Å². The van der Waals surface area contributed by atoms with Crippen LogP contribution >= 0.6 is 0 Å². The number of hydrogen-bond acceptors (Lipinski definition) is 5. The van der Waals surface area contributed by atoms with Crippen LogP contribution in [0.5, 0.6) is 0 Å². The SMILES string of the molecule is O=C(NCc1ccccc1)[C@@H]1CNCCN1C(=O)OCc1ccccc1.O=C(O)C(F)(F)F. The summed E-state index contributed by atoms with van der Waals surface area (Å²) in [6, 6.07) is 18.6. The lowest BCUT2D eigenvalue weighted by Crippen LogP contribution is -2.59. The first-order chi connectivity index (χ1) is 15.7. The highest BCUT2D eigenvalue weighted by Gasteiger charge is 2.38. The number of carbonyl (C=O) groups is 3. The van der Waals surface area contributed by atoms with Crippen LogP contribution in [0.25, 0.3) is 0 Å². The van der Waals surface area contributed by atoms with E-state index >= 15 is 0 Å². The number of benzene rings is 2. The molecule has 0 saturated carbocycles. The van der Waals surface area contributed by atoms with E-state index in [2.05, 4.69) is 10.6 Å². The zero-order valence-electron chi connectivity index (χ0n) is 17.5. The predicted molar refractivity (Wildman–Crippen MR) is 112 cm³/mol. The van der Waals surface area contributed by atoms with Gasteiger partial charge in [0.05, 0.1) is 0 Å². The van der Waals surface area contributed by atoms with Crippen LogP contribution in [0.1, 0.15) is 11.1 Å². The maximum atomic E-state index is 12.6. The molecule has 1 saturated heterocycles. The van der Waals surface area contributed by atoms with Gasteiger partial charge in [0.1, 0.15) is 12.6 Å². The monoisotopic (exact) mass is 467 g/mol. The molecule has 3 rings (SSSR count). The first-order valence-electron chi connectivity index (χ1n) is 9.98. The number of carboxylic acid groups (broad SMARTS) is 1. The van der Waals surface area contributed by atoms with Crippen LogP contribution in [0.4, 0.5) is 18.0 Å². The number of rotatable bonds is 5. The molecule has 0 aromatic heterocycles. The van der Waals surface area contributed by atoms with Crippen molar-refractivity contribution in [2.75, 3.05) is 19.6 Å². The Hall–Kier alpha value is -3.60. The van der Waals surface area contributed by atoms with Crippen molar-refractivity contribution >= 4 is 18.0 Å². The minimum Gasteiger partial charge on any atom is -0.475 e. The highest BCUT2D eigenvalue weighted by Crippen LogP contribution is 2.13. The van der Waals surface area contributed by atoms with E-state index in [1.54, 1.807) is 0 Å². The molecule has 2 aromatic rings. The van der Waals surface area contributed by atoms with Crippen molar-refractivity contribution in [2.24, 2.45) is 0 Å². The van der Waals surface area contributed by atoms with Crippen molar-refractivity contribution in [1.29, 1.82) is 0 Å². The number of hydrogen-bond donors (Lipinski definition) is 3. The Morgan fingerprint density at radius 2 is 1.58 bits per heavy atom. The van der Waals surface area contributed by atoms with E-state index in [4.69, 9.17) is 14.6 Å². The van der Waals surface area contributed by atoms with E-state index < -0.39 is 24.3 Å². The number of amides is 2. The molecule has 0 unspecified atom stereocenters. The van der Waals surface area contributed by atoms with Crippen molar-refractivity contribution in [3.8, 4) is 0 Å². The van der Waals surface area contributed by atoms with Gasteiger partial charge in [-0.05, 0) is 11.1 Å². The van der Waals surface area contributed by atoms with Crippen molar-refractivity contribution in [1.82, 2.24) is 15.5 Å². The van der Waals surface area contributed by atoms with Gasteiger partial charge in [0, 0.05) is 26.2 Å². The second-order valence-electron chi connectivity index (χ2n) is 6.96. The van der Waals surface area contributed by atoms with Crippen molar-refractivity contribution in [2.45, 2.75) is 25.4 Å². The van der Waals surface area contributed by atoms with Crippen LogP contribution in [-0.2, 0) is 27.5 Å². The minimum absolute atomic E-state index is 0.183. The maximum absolute atomic E-state index is 12.6. The standard InChI is InChI=1S/C20H23N3O3.C2HF3O2/c24-19(22-13-16-7-3-1-4-8-16)18-14-21-11-12-23(18)20(25)26-15-17-9-5-2-6-10-17;3-2(4,5)1(6)7/h1-10,18,21H,11-15H2,(H,22,24);(H,6,7)/t18-;/m0./s1. The van der Waals surface area contributed by atoms with E-state index in [1.807, 2.05) is 60.7 Å². The van der Waals surface area contributed by atoms with Gasteiger partial charge in [-0.15, -0.1) is 0 Å². The lowest BCUT2D eigenvalue weighted by atomic mass is 10.1. The number of nitrogens with zero attached hydrogens (tertiary/aromatic N) is 1. The summed E-state index contributed by atoms with van der Waals surface area (Å²) in [5.74, 6) is -2.94. The smallest absolute Gasteiger partial charge is 0.475 e. The minimum atomic E-state index is -5.08. The Bertz CT molecular complexity index is 847. The van der Waals surface area contributed by atoms with Gasteiger partial charge in [0.2, 0.25) is 5.91 Å². The number of nitrogens with one attached hydrogen (secondary N) is 2. The second kappa shape index (κ2) is 12.4. The molecule has 33 heavy (non-hydrogen) atoms. The quantitative estimate of drug-likeness (QED) is 0.624. The van der Waals surface area contributed by atoms with Crippen molar-refractivity contribution < 1.29 is 37.4 Å². The van der Waals surface area contributed by atoms with Gasteiger partial charge in [-0.1, -0.05) is 60.7 Å². The van der Waals surface area contributed by atoms with Gasteiger partial charge >= 0.3 is 18.2 Å². The van der Waals surface area contributed by atoms with Gasteiger partial charge in [-0.25, -0.2) is 9.59 Å². The zero-order valence-corrected chi connectivity index (χ0v) is 17.5. The largest absolute Gasteiger partial charge is 0.490 e. The van der Waals surface area contributed by atoms with Crippen LogP contribution in [0, 0.1) is 0 Å². The Labute approximate surface area is 188 Å². The molecule has 1 heterocycles. The number of aliphatic carboxylic acids is 1. The lowest BCUT2D eigenvalue weighted by molar-refractivity contribution is -0.192. The van der Waals surface area contributed by atoms with E-state index in [0.29, 0.717) is 26.2 Å². The molecule has 3 N–H and O–H groups in total. The number of carbonyl (C=O) groups excluding carboxylic acids is 2. The summed E-state index contributed by atoms with van der Waals surface area (Å²) in [5, 5.41) is 13.2. The average molecular weight is 467 g/mol. The summed E-state index contributed by atoms with van der Waals surface area (Å²) in [4.78, 5) is 35.4. The summed E-state index contributed by atoms with van der Waals surface area (Å²) in [6.45, 7) is 2.13. The molecule has 2 amide bonds. The van der Waals surface area contributed by atoms with E-state index in [9.17, 15) is 22.8 Å². The van der Waals surface area contributed by atoms with Gasteiger partial charge in [-0.3, -0.25) is 9.69 Å². The molecule has 1 atom stereocenters. The van der Waals surface area contributed by atoms with Crippen molar-refractivity contribution in [3.63, 3.8) is 0 Å². The van der Waals surface area contributed by atoms with Gasteiger partial charge < -0.3 is 20.5 Å². The molecular weight excluding hydrogens is 443 g/mol. The molecular formula is C22H24F3N3O5. The summed E-state index contributed by atoms with van der Waals surface area (Å²) >= 11 is 0. The summed E-state index contributed by atoms with van der Waals surface area (Å²) in [5.41, 5.74) is 1.93. The third kappa shape index (κ3) is 8.81. The van der Waals surface area contributed by atoms with E-state index in [-0.39, 0.29) is 12.5 Å². The molecule has 11 heteroatoms. The normalized spacial score (nSPS) is 15.6. The Balaban J connectivity index is 0.000000479. The Morgan fingerprint density at radius 3 is 2.12 bits per heavy atom. The third-order valence-corrected chi connectivity index (χ3v) is 4.54. The molecule has 1 aliphatic rings. The van der Waals surface area contributed by atoms with E-state index in [0.717, 1.165) is 11.1 Å². The Kier molecular flexibility index (Phi) is 9.67. The summed E-state index contributed by atoms with van der Waals surface area (Å²) < 4.78 is 37.1. The second-order valence-corrected chi connectivity index (χ2v) is 6.96. The first kappa shape index (κ1) is 25.7. The average Bonchev–Trinajstić information content (AvgIpc) is 2.82. The molecule has 178 valence electrons. The van der Waals surface area contributed by atoms with Crippen LogP contribution in [0.2, 0.25) is 0 Å². The lowest BCUT2D eigenvalue weighted by Gasteiger charge is -2.34. The fraction of sp³-hybridized carbons (Fsp3) is 0.318. The van der Waals surface area contributed by atoms with Crippen LogP contribution in [0.15, 0.2) is 60.7 Å². The zero-order chi connectivity index (χ0) is 24.3. The number of piperazine rings is 1. The van der Waals surface area contributed by atoms with E-state index in [1.165, 1.54) is 4.90 Å². The first-order valence-corrected chi connectivity index (χ1v) is 9.98. The summed E-state index contributed by atoms with van der Waals surface area (Å²) in [6.07, 6.45) is -5.55. The highest BCUT2D eigenvalue weighted by atomic mass is 19.4. The number of alkyl halides is 3. The van der Waals surface area contributed by atoms with Crippen molar-refractivity contribution in [3.05, 3.63) is 71.8 Å². The maximum Gasteiger partial charge on any atom is 0.490 e. The molecule has 1 aliphatic heterocycles. The molecule has 0 spiro atoms. The third-order valence-electron chi connectivity index (χ3n) is 4.54. The Morgan fingerprint density at radius 1 is 1.03 bits per heavy atom.